The molecule has 17 heavy (non-hydrogen) atoms. The number of carbonyl (C=O) groups is 1. The van der Waals surface area contributed by atoms with Crippen molar-refractivity contribution in [3.8, 4) is 0 Å². The summed E-state index contributed by atoms with van der Waals surface area (Å²) in [6.45, 7) is 6.17. The summed E-state index contributed by atoms with van der Waals surface area (Å²) in [7, 11) is 0. The lowest BCUT2D eigenvalue weighted by Gasteiger charge is -2.22. The summed E-state index contributed by atoms with van der Waals surface area (Å²) in [5.41, 5.74) is 5.81. The van der Waals surface area contributed by atoms with E-state index < -0.39 is 5.91 Å². The average Bonchev–Trinajstić information content (AvgIpc) is 2.27. The van der Waals surface area contributed by atoms with E-state index in [0.29, 0.717) is 17.2 Å². The van der Waals surface area contributed by atoms with E-state index in [4.69, 9.17) is 5.73 Å². The van der Waals surface area contributed by atoms with Crippen molar-refractivity contribution in [3.63, 3.8) is 0 Å². The predicted octanol–water partition coefficient (Wildman–Crippen LogP) is 2.77. The van der Waals surface area contributed by atoms with Gasteiger partial charge in [-0.2, -0.15) is 0 Å². The minimum absolute atomic E-state index is 0.174. The molecule has 0 aliphatic rings. The van der Waals surface area contributed by atoms with E-state index in [2.05, 4.69) is 19.2 Å². The molecule has 0 saturated carbocycles. The molecule has 0 aliphatic carbocycles. The van der Waals surface area contributed by atoms with Gasteiger partial charge in [-0.15, -0.1) is 0 Å². The molecule has 0 aliphatic heterocycles. The van der Waals surface area contributed by atoms with Gasteiger partial charge in [-0.05, 0) is 30.5 Å². The number of benzene rings is 1. The Bertz CT molecular complexity index is 404. The Morgan fingerprint density at radius 1 is 1.47 bits per heavy atom. The smallest absolute Gasteiger partial charge is 0.248 e. The van der Waals surface area contributed by atoms with Crippen LogP contribution in [0.15, 0.2) is 18.2 Å². The molecule has 0 spiro atoms. The van der Waals surface area contributed by atoms with E-state index in [9.17, 15) is 9.18 Å². The highest BCUT2D eigenvalue weighted by Crippen LogP contribution is 2.20. The molecule has 1 amide bonds. The van der Waals surface area contributed by atoms with E-state index in [-0.39, 0.29) is 11.9 Å². The number of anilines is 1. The lowest BCUT2D eigenvalue weighted by atomic mass is 10.0. The Balaban J connectivity index is 2.96. The molecule has 0 aromatic heterocycles. The van der Waals surface area contributed by atoms with Crippen molar-refractivity contribution in [2.24, 2.45) is 11.7 Å². The fourth-order valence-electron chi connectivity index (χ4n) is 1.73. The van der Waals surface area contributed by atoms with Crippen molar-refractivity contribution >= 4 is 11.6 Å². The van der Waals surface area contributed by atoms with Gasteiger partial charge in [-0.25, -0.2) is 4.39 Å². The van der Waals surface area contributed by atoms with Crippen LogP contribution in [-0.2, 0) is 0 Å². The third-order valence-electron chi connectivity index (χ3n) is 2.84. The molecule has 1 unspecified atom stereocenters. The highest BCUT2D eigenvalue weighted by Gasteiger charge is 2.14. The third kappa shape index (κ3) is 3.44. The second-order valence-corrected chi connectivity index (χ2v) is 4.46. The minimum Gasteiger partial charge on any atom is -0.380 e. The van der Waals surface area contributed by atoms with Gasteiger partial charge in [0.15, 0.2) is 0 Å². The van der Waals surface area contributed by atoms with Gasteiger partial charge >= 0.3 is 0 Å². The Kier molecular flexibility index (Phi) is 4.49. The fourth-order valence-corrected chi connectivity index (χ4v) is 1.73. The highest BCUT2D eigenvalue weighted by molar-refractivity contribution is 5.93. The number of carbonyl (C=O) groups excluding carboxylic acids is 1. The molecule has 4 heteroatoms. The molecule has 1 atom stereocenters. The van der Waals surface area contributed by atoms with Crippen molar-refractivity contribution in [1.29, 1.82) is 0 Å². The number of rotatable bonds is 5. The van der Waals surface area contributed by atoms with E-state index in [1.165, 1.54) is 18.2 Å². The van der Waals surface area contributed by atoms with Crippen molar-refractivity contribution < 1.29 is 9.18 Å². The van der Waals surface area contributed by atoms with Crippen molar-refractivity contribution in [2.75, 3.05) is 5.32 Å². The largest absolute Gasteiger partial charge is 0.380 e. The fraction of sp³-hybridized carbons (Fsp3) is 0.462. The first-order valence-corrected chi connectivity index (χ1v) is 5.81. The number of hydrogen-bond donors (Lipinski definition) is 2. The van der Waals surface area contributed by atoms with Crippen molar-refractivity contribution in [3.05, 3.63) is 29.6 Å². The SMILES string of the molecule is CCC(Nc1cc(C(N)=O)ccc1F)C(C)C. The summed E-state index contributed by atoms with van der Waals surface area (Å²) in [6, 6.07) is 4.28. The van der Waals surface area contributed by atoms with Crippen molar-refractivity contribution in [1.82, 2.24) is 0 Å². The average molecular weight is 238 g/mol. The van der Waals surface area contributed by atoms with Crippen LogP contribution in [0.5, 0.6) is 0 Å². The van der Waals surface area contributed by atoms with Gasteiger partial charge < -0.3 is 11.1 Å². The van der Waals surface area contributed by atoms with Crippen molar-refractivity contribution in [2.45, 2.75) is 33.2 Å². The summed E-state index contributed by atoms with van der Waals surface area (Å²) < 4.78 is 13.6. The Morgan fingerprint density at radius 2 is 2.12 bits per heavy atom. The summed E-state index contributed by atoms with van der Waals surface area (Å²) in [6.07, 6.45) is 0.887. The number of primary amides is 1. The Morgan fingerprint density at radius 3 is 2.59 bits per heavy atom. The van der Waals surface area contributed by atoms with E-state index in [1.54, 1.807) is 0 Å². The molecule has 1 aromatic rings. The van der Waals surface area contributed by atoms with Gasteiger partial charge in [0, 0.05) is 11.6 Å². The third-order valence-corrected chi connectivity index (χ3v) is 2.84. The Labute approximate surface area is 101 Å². The first-order valence-electron chi connectivity index (χ1n) is 5.81. The van der Waals surface area contributed by atoms with Crippen LogP contribution in [-0.4, -0.2) is 11.9 Å². The molecule has 94 valence electrons. The molecule has 3 N–H and O–H groups in total. The zero-order valence-corrected chi connectivity index (χ0v) is 10.5. The van der Waals surface area contributed by atoms with Crippen LogP contribution >= 0.6 is 0 Å². The van der Waals surface area contributed by atoms with Crippen LogP contribution in [0.2, 0.25) is 0 Å². The normalized spacial score (nSPS) is 12.5. The lowest BCUT2D eigenvalue weighted by Crippen LogP contribution is -2.25. The Hall–Kier alpha value is -1.58. The van der Waals surface area contributed by atoms with Crippen LogP contribution < -0.4 is 11.1 Å². The number of halogens is 1. The maximum absolute atomic E-state index is 13.6. The second kappa shape index (κ2) is 5.66. The molecular formula is C13H19FN2O. The van der Waals surface area contributed by atoms with Crippen LogP contribution in [0.1, 0.15) is 37.6 Å². The molecule has 1 rings (SSSR count). The highest BCUT2D eigenvalue weighted by atomic mass is 19.1. The predicted molar refractivity (Wildman–Crippen MR) is 67.5 cm³/mol. The number of nitrogens with one attached hydrogen (secondary N) is 1. The second-order valence-electron chi connectivity index (χ2n) is 4.46. The minimum atomic E-state index is -0.550. The summed E-state index contributed by atoms with van der Waals surface area (Å²) in [5.74, 6) is -0.531. The van der Waals surface area contributed by atoms with Crippen LogP contribution in [0, 0.1) is 11.7 Å². The van der Waals surface area contributed by atoms with Gasteiger partial charge in [0.05, 0.1) is 5.69 Å². The zero-order chi connectivity index (χ0) is 13.0. The molecule has 0 fully saturated rings. The standard InChI is InChI=1S/C13H19FN2O/c1-4-11(8(2)3)16-12-7-9(13(15)17)5-6-10(12)14/h5-8,11,16H,4H2,1-3H3,(H2,15,17). The molecule has 0 saturated heterocycles. The molecule has 3 nitrogen and oxygen atoms in total. The summed E-state index contributed by atoms with van der Waals surface area (Å²) in [4.78, 5) is 11.0. The van der Waals surface area contributed by atoms with Gasteiger partial charge in [-0.3, -0.25) is 4.79 Å². The number of nitrogens with two attached hydrogens (primary N) is 1. The number of amides is 1. The van der Waals surface area contributed by atoms with E-state index in [0.717, 1.165) is 6.42 Å². The molecule has 0 bridgehead atoms. The molecule has 0 radical (unpaired) electrons. The quantitative estimate of drug-likeness (QED) is 0.828. The maximum Gasteiger partial charge on any atom is 0.248 e. The molecular weight excluding hydrogens is 219 g/mol. The topological polar surface area (TPSA) is 55.1 Å². The summed E-state index contributed by atoms with van der Waals surface area (Å²) in [5, 5.41) is 3.11. The van der Waals surface area contributed by atoms with Gasteiger partial charge in [0.1, 0.15) is 5.82 Å². The lowest BCUT2D eigenvalue weighted by molar-refractivity contribution is 0.100. The summed E-state index contributed by atoms with van der Waals surface area (Å²) >= 11 is 0. The van der Waals surface area contributed by atoms with Gasteiger partial charge in [-0.1, -0.05) is 20.8 Å². The van der Waals surface area contributed by atoms with Gasteiger partial charge in [0.25, 0.3) is 0 Å². The molecule has 0 heterocycles. The van der Waals surface area contributed by atoms with Crippen LogP contribution in [0.3, 0.4) is 0 Å². The maximum atomic E-state index is 13.6. The van der Waals surface area contributed by atoms with Gasteiger partial charge in [0.2, 0.25) is 5.91 Å². The van der Waals surface area contributed by atoms with Crippen LogP contribution in [0.4, 0.5) is 10.1 Å². The first kappa shape index (κ1) is 13.5. The van der Waals surface area contributed by atoms with Crippen LogP contribution in [0.25, 0.3) is 0 Å². The number of hydrogen-bond acceptors (Lipinski definition) is 2. The monoisotopic (exact) mass is 238 g/mol. The van der Waals surface area contributed by atoms with E-state index >= 15 is 0 Å². The zero-order valence-electron chi connectivity index (χ0n) is 10.5. The van der Waals surface area contributed by atoms with E-state index in [1.807, 2.05) is 6.92 Å². The first-order chi connectivity index (χ1) is 7.95. The molecule has 1 aromatic carbocycles.